The molecule has 3 rings (SSSR count). The minimum Gasteiger partial charge on any atom is -0.502 e. The van der Waals surface area contributed by atoms with Gasteiger partial charge >= 0.3 is 0 Å². The molecule has 1 fully saturated rings. The van der Waals surface area contributed by atoms with Gasteiger partial charge in [-0.2, -0.15) is 0 Å². The highest BCUT2D eigenvalue weighted by molar-refractivity contribution is 8.27. The van der Waals surface area contributed by atoms with Gasteiger partial charge in [0.15, 0.2) is 15.8 Å². The second kappa shape index (κ2) is 9.33. The average molecular weight is 430 g/mol. The molecular formula is C22H23NO4S2. The van der Waals surface area contributed by atoms with Gasteiger partial charge in [-0.3, -0.25) is 9.69 Å². The normalized spacial score (nSPS) is 15.3. The van der Waals surface area contributed by atoms with E-state index < -0.39 is 0 Å². The Hall–Kier alpha value is -2.51. The Labute approximate surface area is 180 Å². The molecule has 1 heterocycles. The van der Waals surface area contributed by atoms with Crippen molar-refractivity contribution < 1.29 is 19.4 Å². The molecule has 7 heteroatoms. The maximum absolute atomic E-state index is 13.0. The number of rotatable bonds is 7. The standard InChI is InChI=1S/C22H23NO4S2/c1-4-5-6-14-7-9-16(10-8-14)23-21(25)19(29-22(23)28)13-15-11-17(26-2)20(24)18(12-15)27-3/h7-13,24H,4-6H2,1-3H3. The lowest BCUT2D eigenvalue weighted by Gasteiger charge is -2.15. The summed E-state index contributed by atoms with van der Waals surface area (Å²) in [6.45, 7) is 2.17. The van der Waals surface area contributed by atoms with Crippen molar-refractivity contribution in [3.05, 3.63) is 52.4 Å². The van der Waals surface area contributed by atoms with Crippen molar-refractivity contribution in [1.29, 1.82) is 0 Å². The number of thiocarbonyl (C=S) groups is 1. The average Bonchev–Trinajstić information content (AvgIpc) is 3.00. The Morgan fingerprint density at radius 3 is 2.31 bits per heavy atom. The fraction of sp³-hybridized carbons (Fsp3) is 0.273. The van der Waals surface area contributed by atoms with Gasteiger partial charge in [0.1, 0.15) is 0 Å². The first-order valence-corrected chi connectivity index (χ1v) is 10.5. The molecule has 1 aliphatic heterocycles. The van der Waals surface area contributed by atoms with E-state index in [2.05, 4.69) is 6.92 Å². The van der Waals surface area contributed by atoms with Crippen molar-refractivity contribution in [2.45, 2.75) is 26.2 Å². The summed E-state index contributed by atoms with van der Waals surface area (Å²) in [5, 5.41) is 10.1. The number of carbonyl (C=O) groups excluding carboxylic acids is 1. The minimum absolute atomic E-state index is 0.0807. The van der Waals surface area contributed by atoms with Gasteiger partial charge in [0.25, 0.3) is 5.91 Å². The molecule has 0 radical (unpaired) electrons. The summed E-state index contributed by atoms with van der Waals surface area (Å²) >= 11 is 6.70. The van der Waals surface area contributed by atoms with Gasteiger partial charge in [-0.25, -0.2) is 0 Å². The molecule has 0 bridgehead atoms. The van der Waals surface area contributed by atoms with E-state index in [4.69, 9.17) is 21.7 Å². The molecule has 0 aromatic heterocycles. The molecule has 1 aliphatic rings. The van der Waals surface area contributed by atoms with E-state index in [1.54, 1.807) is 23.1 Å². The van der Waals surface area contributed by atoms with Crippen LogP contribution in [0, 0.1) is 0 Å². The van der Waals surface area contributed by atoms with Gasteiger partial charge in [-0.05, 0) is 54.3 Å². The Morgan fingerprint density at radius 1 is 1.14 bits per heavy atom. The molecule has 1 saturated heterocycles. The summed E-state index contributed by atoms with van der Waals surface area (Å²) in [6.07, 6.45) is 5.04. The first-order chi connectivity index (χ1) is 14.0. The zero-order valence-electron chi connectivity index (χ0n) is 16.6. The second-order valence-electron chi connectivity index (χ2n) is 6.56. The number of phenolic OH excluding ortho intramolecular Hbond substituents is 1. The summed E-state index contributed by atoms with van der Waals surface area (Å²) in [6, 6.07) is 11.3. The highest BCUT2D eigenvalue weighted by Crippen LogP contribution is 2.40. The first kappa shape index (κ1) is 21.2. The van der Waals surface area contributed by atoms with Gasteiger partial charge in [-0.1, -0.05) is 49.5 Å². The lowest BCUT2D eigenvalue weighted by Crippen LogP contribution is -2.27. The third-order valence-corrected chi connectivity index (χ3v) is 5.91. The number of methoxy groups -OCH3 is 2. The molecule has 2 aromatic rings. The van der Waals surface area contributed by atoms with E-state index in [1.807, 2.05) is 24.3 Å². The SMILES string of the molecule is CCCCc1ccc(N2C(=O)C(=Cc3cc(OC)c(O)c(OC)c3)SC2=S)cc1. The molecule has 2 aromatic carbocycles. The molecule has 0 saturated carbocycles. The Balaban J connectivity index is 1.87. The maximum Gasteiger partial charge on any atom is 0.270 e. The van der Waals surface area contributed by atoms with Gasteiger partial charge in [-0.15, -0.1) is 0 Å². The third-order valence-electron chi connectivity index (χ3n) is 4.61. The van der Waals surface area contributed by atoms with E-state index in [0.717, 1.165) is 24.9 Å². The quantitative estimate of drug-likeness (QED) is 0.485. The number of anilines is 1. The number of hydrogen-bond donors (Lipinski definition) is 1. The molecule has 0 spiro atoms. The van der Waals surface area contributed by atoms with Crippen LogP contribution in [0.15, 0.2) is 41.3 Å². The predicted octanol–water partition coefficient (Wildman–Crippen LogP) is 5.16. The Kier molecular flexibility index (Phi) is 6.82. The number of phenols is 1. The molecule has 0 unspecified atom stereocenters. The summed E-state index contributed by atoms with van der Waals surface area (Å²) < 4.78 is 10.9. The van der Waals surface area contributed by atoms with Crippen LogP contribution in [0.3, 0.4) is 0 Å². The summed E-state index contributed by atoms with van der Waals surface area (Å²) in [5.74, 6) is 0.290. The van der Waals surface area contributed by atoms with Crippen molar-refractivity contribution in [3.8, 4) is 17.2 Å². The monoisotopic (exact) mass is 429 g/mol. The zero-order valence-corrected chi connectivity index (χ0v) is 18.2. The number of aryl methyl sites for hydroxylation is 1. The van der Waals surface area contributed by atoms with E-state index >= 15 is 0 Å². The summed E-state index contributed by atoms with van der Waals surface area (Å²) in [4.78, 5) is 15.0. The number of hydrogen-bond acceptors (Lipinski definition) is 6. The largest absolute Gasteiger partial charge is 0.502 e. The molecule has 5 nitrogen and oxygen atoms in total. The number of carbonyl (C=O) groups is 1. The van der Waals surface area contributed by atoms with Crippen LogP contribution in [0.25, 0.3) is 6.08 Å². The molecular weight excluding hydrogens is 406 g/mol. The highest BCUT2D eigenvalue weighted by Gasteiger charge is 2.33. The van der Waals surface area contributed by atoms with Crippen molar-refractivity contribution in [1.82, 2.24) is 0 Å². The molecule has 1 amide bonds. The molecule has 1 N–H and O–H groups in total. The van der Waals surface area contributed by atoms with Gasteiger partial charge in [0, 0.05) is 0 Å². The van der Waals surface area contributed by atoms with Crippen LogP contribution in [-0.2, 0) is 11.2 Å². The Morgan fingerprint density at radius 2 is 1.76 bits per heavy atom. The van der Waals surface area contributed by atoms with Crippen molar-refractivity contribution in [2.24, 2.45) is 0 Å². The topological polar surface area (TPSA) is 59.0 Å². The number of amides is 1. The van der Waals surface area contributed by atoms with Gasteiger partial charge < -0.3 is 14.6 Å². The maximum atomic E-state index is 13.0. The smallest absolute Gasteiger partial charge is 0.270 e. The zero-order chi connectivity index (χ0) is 21.0. The number of aromatic hydroxyl groups is 1. The van der Waals surface area contributed by atoms with Crippen LogP contribution in [0.2, 0.25) is 0 Å². The second-order valence-corrected chi connectivity index (χ2v) is 8.24. The molecule has 0 atom stereocenters. The summed E-state index contributed by atoms with van der Waals surface area (Å²) in [7, 11) is 2.92. The fourth-order valence-electron chi connectivity index (χ4n) is 3.03. The van der Waals surface area contributed by atoms with Crippen molar-refractivity contribution >= 4 is 46.0 Å². The van der Waals surface area contributed by atoms with Gasteiger partial charge in [0.05, 0.1) is 24.8 Å². The first-order valence-electron chi connectivity index (χ1n) is 9.30. The minimum atomic E-state index is -0.174. The molecule has 29 heavy (non-hydrogen) atoms. The highest BCUT2D eigenvalue weighted by atomic mass is 32.2. The van der Waals surface area contributed by atoms with E-state index in [0.29, 0.717) is 14.8 Å². The van der Waals surface area contributed by atoms with Crippen LogP contribution in [0.5, 0.6) is 17.2 Å². The van der Waals surface area contributed by atoms with Crippen molar-refractivity contribution in [2.75, 3.05) is 19.1 Å². The van der Waals surface area contributed by atoms with E-state index in [1.165, 1.54) is 31.5 Å². The van der Waals surface area contributed by atoms with E-state index in [-0.39, 0.29) is 23.2 Å². The van der Waals surface area contributed by atoms with Crippen molar-refractivity contribution in [3.63, 3.8) is 0 Å². The van der Waals surface area contributed by atoms with E-state index in [9.17, 15) is 9.90 Å². The third kappa shape index (κ3) is 4.57. The molecule has 0 aliphatic carbocycles. The van der Waals surface area contributed by atoms with Gasteiger partial charge in [0.2, 0.25) is 5.75 Å². The van der Waals surface area contributed by atoms with Crippen LogP contribution >= 0.6 is 24.0 Å². The summed E-state index contributed by atoms with van der Waals surface area (Å²) in [5.41, 5.74) is 2.68. The lowest BCUT2D eigenvalue weighted by molar-refractivity contribution is -0.113. The number of benzene rings is 2. The predicted molar refractivity (Wildman–Crippen MR) is 122 cm³/mol. The number of ether oxygens (including phenoxy) is 2. The lowest BCUT2D eigenvalue weighted by atomic mass is 10.1. The molecule has 152 valence electrons. The van der Waals surface area contributed by atoms with Crippen LogP contribution in [-0.4, -0.2) is 29.6 Å². The van der Waals surface area contributed by atoms with Crippen LogP contribution in [0.4, 0.5) is 5.69 Å². The Bertz CT molecular complexity index is 929. The van der Waals surface area contributed by atoms with Crippen LogP contribution < -0.4 is 14.4 Å². The number of unbranched alkanes of at least 4 members (excludes halogenated alkanes) is 1. The number of thioether (sulfide) groups is 1. The fourth-order valence-corrected chi connectivity index (χ4v) is 4.33. The van der Waals surface area contributed by atoms with Crippen LogP contribution in [0.1, 0.15) is 30.9 Å². The number of nitrogens with zero attached hydrogens (tertiary/aromatic N) is 1.